The summed E-state index contributed by atoms with van der Waals surface area (Å²) in [4.78, 5) is 28.7. The van der Waals surface area contributed by atoms with E-state index in [1.165, 1.54) is 11.0 Å². The van der Waals surface area contributed by atoms with Gasteiger partial charge in [-0.1, -0.05) is 32.0 Å². The average molecular weight is 362 g/mol. The van der Waals surface area contributed by atoms with Crippen LogP contribution in [0, 0.1) is 11.7 Å². The largest absolute Gasteiger partial charge is 0.503 e. The Hall–Kier alpha value is -2.21. The van der Waals surface area contributed by atoms with Crippen molar-refractivity contribution in [3.05, 3.63) is 47.0 Å². The molecule has 1 atom stereocenters. The van der Waals surface area contributed by atoms with Gasteiger partial charge in [-0.25, -0.2) is 4.39 Å². The molecule has 1 amide bonds. The first-order valence-electron chi connectivity index (χ1n) is 8.90. The Morgan fingerprint density at radius 2 is 1.96 bits per heavy atom. The lowest BCUT2D eigenvalue weighted by Gasteiger charge is -2.27. The number of carbonyl (C=O) groups is 2. The topological polar surface area (TPSA) is 60.9 Å². The highest BCUT2D eigenvalue weighted by Gasteiger charge is 2.43. The van der Waals surface area contributed by atoms with Gasteiger partial charge in [0.25, 0.3) is 5.91 Å². The Morgan fingerprint density at radius 1 is 1.31 bits per heavy atom. The van der Waals surface area contributed by atoms with Gasteiger partial charge in [-0.15, -0.1) is 0 Å². The number of ketones is 1. The number of rotatable bonds is 8. The van der Waals surface area contributed by atoms with Crippen LogP contribution in [-0.4, -0.2) is 53.8 Å². The van der Waals surface area contributed by atoms with E-state index in [2.05, 4.69) is 0 Å². The second-order valence-corrected chi connectivity index (χ2v) is 7.36. The molecule has 0 fully saturated rings. The number of aliphatic hydroxyl groups is 1. The molecule has 1 unspecified atom stereocenters. The van der Waals surface area contributed by atoms with Gasteiger partial charge in [0, 0.05) is 18.5 Å². The Kier molecular flexibility index (Phi) is 6.53. The number of carbonyl (C=O) groups excluding carboxylic acids is 2. The number of hydrogen-bond acceptors (Lipinski definition) is 4. The molecule has 0 spiro atoms. The summed E-state index contributed by atoms with van der Waals surface area (Å²) in [6, 6.07) is 5.22. The third kappa shape index (κ3) is 4.30. The summed E-state index contributed by atoms with van der Waals surface area (Å²) in [6.45, 7) is 4.85. The summed E-state index contributed by atoms with van der Waals surface area (Å²) in [5, 5.41) is 10.4. The molecule has 6 heteroatoms. The van der Waals surface area contributed by atoms with Crippen LogP contribution < -0.4 is 0 Å². The molecule has 26 heavy (non-hydrogen) atoms. The molecular formula is C20H27FN2O3. The van der Waals surface area contributed by atoms with Crippen molar-refractivity contribution in [3.8, 4) is 0 Å². The Labute approximate surface area is 154 Å². The lowest BCUT2D eigenvalue weighted by atomic mass is 9.92. The zero-order chi connectivity index (χ0) is 19.4. The van der Waals surface area contributed by atoms with Gasteiger partial charge >= 0.3 is 0 Å². The fourth-order valence-corrected chi connectivity index (χ4v) is 3.23. The second kappa shape index (κ2) is 8.45. The summed E-state index contributed by atoms with van der Waals surface area (Å²) in [5.41, 5.74) is 0.250. The molecule has 1 aliphatic rings. The van der Waals surface area contributed by atoms with Crippen molar-refractivity contribution >= 4 is 11.7 Å². The van der Waals surface area contributed by atoms with Gasteiger partial charge in [0.2, 0.25) is 0 Å². The zero-order valence-electron chi connectivity index (χ0n) is 15.8. The number of aliphatic hydroxyl groups excluding tert-OH is 1. The Balaban J connectivity index is 2.42. The first-order valence-corrected chi connectivity index (χ1v) is 8.90. The smallest absolute Gasteiger partial charge is 0.290 e. The van der Waals surface area contributed by atoms with E-state index in [4.69, 9.17) is 0 Å². The summed E-state index contributed by atoms with van der Waals surface area (Å²) in [6.07, 6.45) is 0.853. The van der Waals surface area contributed by atoms with Crippen LogP contribution in [0.15, 0.2) is 35.6 Å². The van der Waals surface area contributed by atoms with Crippen molar-refractivity contribution in [2.75, 3.05) is 27.2 Å². The highest BCUT2D eigenvalue weighted by atomic mass is 19.1. The van der Waals surface area contributed by atoms with E-state index >= 15 is 0 Å². The van der Waals surface area contributed by atoms with Crippen LogP contribution >= 0.6 is 0 Å². The fraction of sp³-hybridized carbons (Fsp3) is 0.500. The fourth-order valence-electron chi connectivity index (χ4n) is 3.23. The van der Waals surface area contributed by atoms with Crippen LogP contribution in [-0.2, 0) is 9.59 Å². The van der Waals surface area contributed by atoms with Gasteiger partial charge in [-0.05, 0) is 39.0 Å². The van der Waals surface area contributed by atoms with Crippen molar-refractivity contribution in [1.82, 2.24) is 9.80 Å². The van der Waals surface area contributed by atoms with E-state index in [-0.39, 0.29) is 29.3 Å². The maximum Gasteiger partial charge on any atom is 0.290 e. The van der Waals surface area contributed by atoms with Crippen LogP contribution in [0.4, 0.5) is 4.39 Å². The van der Waals surface area contributed by atoms with E-state index in [0.717, 1.165) is 6.54 Å². The van der Waals surface area contributed by atoms with Crippen molar-refractivity contribution in [1.29, 1.82) is 0 Å². The SMILES string of the molecule is CC(C)CC(=O)C1=C(O)C(=O)N(CCCN(C)C)C1c1ccccc1F. The molecule has 1 aromatic rings. The number of hydrogen-bond donors (Lipinski definition) is 1. The van der Waals surface area contributed by atoms with Crippen molar-refractivity contribution < 1.29 is 19.1 Å². The molecule has 0 bridgehead atoms. The standard InChI is InChI=1S/C20H27FN2O3/c1-13(2)12-16(24)17-18(14-8-5-6-9-15(14)21)23(20(26)19(17)25)11-7-10-22(3)4/h5-6,8-9,13,18,25H,7,10-12H2,1-4H3. The number of nitrogens with zero attached hydrogens (tertiary/aromatic N) is 2. The predicted octanol–water partition coefficient (Wildman–Crippen LogP) is 3.09. The van der Waals surface area contributed by atoms with Gasteiger partial charge < -0.3 is 14.9 Å². The summed E-state index contributed by atoms with van der Waals surface area (Å²) >= 11 is 0. The number of amides is 1. The van der Waals surface area contributed by atoms with Gasteiger partial charge in [0.05, 0.1) is 11.6 Å². The highest BCUT2D eigenvalue weighted by molar-refractivity contribution is 6.09. The maximum absolute atomic E-state index is 14.5. The third-order valence-corrected chi connectivity index (χ3v) is 4.40. The third-order valence-electron chi connectivity index (χ3n) is 4.40. The minimum Gasteiger partial charge on any atom is -0.503 e. The quantitative estimate of drug-likeness (QED) is 0.772. The monoisotopic (exact) mass is 362 g/mol. The Bertz CT molecular complexity index is 713. The molecule has 1 N–H and O–H groups in total. The molecule has 1 aliphatic heterocycles. The predicted molar refractivity (Wildman–Crippen MR) is 98.1 cm³/mol. The zero-order valence-corrected chi connectivity index (χ0v) is 15.8. The first kappa shape index (κ1) is 20.1. The Morgan fingerprint density at radius 3 is 2.54 bits per heavy atom. The van der Waals surface area contributed by atoms with E-state index < -0.39 is 23.5 Å². The van der Waals surface area contributed by atoms with Crippen LogP contribution in [0.1, 0.15) is 38.3 Å². The van der Waals surface area contributed by atoms with E-state index in [1.807, 2.05) is 32.8 Å². The molecule has 2 rings (SSSR count). The van der Waals surface area contributed by atoms with E-state index in [9.17, 15) is 19.1 Å². The normalized spacial score (nSPS) is 17.7. The van der Waals surface area contributed by atoms with Crippen LogP contribution in [0.5, 0.6) is 0 Å². The van der Waals surface area contributed by atoms with Crippen molar-refractivity contribution in [2.45, 2.75) is 32.7 Å². The number of benzene rings is 1. The van der Waals surface area contributed by atoms with Crippen molar-refractivity contribution in [2.24, 2.45) is 5.92 Å². The van der Waals surface area contributed by atoms with E-state index in [0.29, 0.717) is 13.0 Å². The summed E-state index contributed by atoms with van der Waals surface area (Å²) < 4.78 is 14.5. The summed E-state index contributed by atoms with van der Waals surface area (Å²) in [5.74, 6) is -1.89. The molecule has 5 nitrogen and oxygen atoms in total. The second-order valence-electron chi connectivity index (χ2n) is 7.36. The minimum atomic E-state index is -0.878. The molecule has 0 saturated carbocycles. The van der Waals surface area contributed by atoms with Crippen LogP contribution in [0.2, 0.25) is 0 Å². The van der Waals surface area contributed by atoms with Crippen molar-refractivity contribution in [3.63, 3.8) is 0 Å². The van der Waals surface area contributed by atoms with Gasteiger partial charge in [-0.2, -0.15) is 0 Å². The molecule has 0 radical (unpaired) electrons. The molecule has 0 aromatic heterocycles. The first-order chi connectivity index (χ1) is 12.2. The molecule has 0 aliphatic carbocycles. The minimum absolute atomic E-state index is 0.0126. The molecule has 142 valence electrons. The molecule has 1 aromatic carbocycles. The molecule has 1 heterocycles. The van der Waals surface area contributed by atoms with Gasteiger partial charge in [0.15, 0.2) is 11.5 Å². The summed E-state index contributed by atoms with van der Waals surface area (Å²) in [7, 11) is 3.85. The van der Waals surface area contributed by atoms with Crippen LogP contribution in [0.25, 0.3) is 0 Å². The average Bonchev–Trinajstić information content (AvgIpc) is 2.79. The van der Waals surface area contributed by atoms with E-state index in [1.54, 1.807) is 18.2 Å². The number of halogens is 1. The lowest BCUT2D eigenvalue weighted by Crippen LogP contribution is -2.34. The lowest BCUT2D eigenvalue weighted by molar-refractivity contribution is -0.129. The molecular weight excluding hydrogens is 335 g/mol. The highest BCUT2D eigenvalue weighted by Crippen LogP contribution is 2.39. The van der Waals surface area contributed by atoms with Gasteiger partial charge in [-0.3, -0.25) is 9.59 Å². The number of Topliss-reactive ketones (excluding diaryl/α,β-unsaturated/α-hetero) is 1. The van der Waals surface area contributed by atoms with Gasteiger partial charge in [0.1, 0.15) is 5.82 Å². The maximum atomic E-state index is 14.5. The van der Waals surface area contributed by atoms with Crippen LogP contribution in [0.3, 0.4) is 0 Å². The molecule has 0 saturated heterocycles.